The van der Waals surface area contributed by atoms with Crippen LogP contribution in [0.2, 0.25) is 5.28 Å². The number of rotatable bonds is 15. The summed E-state index contributed by atoms with van der Waals surface area (Å²) in [6, 6.07) is 0.0490. The molecule has 4 heterocycles. The van der Waals surface area contributed by atoms with E-state index in [0.717, 1.165) is 25.7 Å². The van der Waals surface area contributed by atoms with Gasteiger partial charge in [-0.1, -0.05) is 12.8 Å². The first-order valence-corrected chi connectivity index (χ1v) is 17.5. The zero-order valence-electron chi connectivity index (χ0n) is 26.7. The molecule has 0 bridgehead atoms. The van der Waals surface area contributed by atoms with E-state index in [9.17, 15) is 14.5 Å². The molecule has 2 aromatic rings. The van der Waals surface area contributed by atoms with Crippen molar-refractivity contribution in [2.75, 3.05) is 39.6 Å². The molecule has 2 aliphatic heterocycles. The lowest BCUT2D eigenvalue weighted by molar-refractivity contribution is -0.207. The summed E-state index contributed by atoms with van der Waals surface area (Å²) >= 11 is 6.28. The summed E-state index contributed by atoms with van der Waals surface area (Å²) < 4.78 is 62.9. The van der Waals surface area contributed by atoms with E-state index in [1.165, 1.54) is 10.9 Å². The van der Waals surface area contributed by atoms with Gasteiger partial charge in [0.15, 0.2) is 23.0 Å². The Morgan fingerprint density at radius 1 is 1.20 bits per heavy atom. The Kier molecular flexibility index (Phi) is 11.2. The summed E-state index contributed by atoms with van der Waals surface area (Å²) in [7, 11) is -3.87. The van der Waals surface area contributed by atoms with Crippen LogP contribution >= 0.6 is 19.2 Å². The van der Waals surface area contributed by atoms with E-state index in [1.54, 1.807) is 34.6 Å². The Balaban J connectivity index is 1.39. The molecule has 0 spiro atoms. The lowest BCUT2D eigenvalue weighted by atomic mass is 10.1. The molecule has 1 saturated carbocycles. The van der Waals surface area contributed by atoms with Gasteiger partial charge in [0.25, 0.3) is 0 Å². The minimum absolute atomic E-state index is 0.000223. The maximum absolute atomic E-state index is 13.9. The molecule has 16 nitrogen and oxygen atoms in total. The smallest absolute Gasteiger partial charge is 0.394 e. The van der Waals surface area contributed by atoms with Crippen LogP contribution in [-0.2, 0) is 37.3 Å². The van der Waals surface area contributed by atoms with Gasteiger partial charge < -0.3 is 47.9 Å². The summed E-state index contributed by atoms with van der Waals surface area (Å²) in [4.78, 5) is 21.1. The predicted molar refractivity (Wildman–Crippen MR) is 163 cm³/mol. The van der Waals surface area contributed by atoms with Gasteiger partial charge in [-0.25, -0.2) is 9.48 Å². The molecule has 5 atom stereocenters. The first-order chi connectivity index (χ1) is 21.9. The molecular formula is C28H43ClN5O11P. The van der Waals surface area contributed by atoms with Crippen molar-refractivity contribution in [1.82, 2.24) is 25.1 Å². The highest BCUT2D eigenvalue weighted by molar-refractivity contribution is 7.55. The Hall–Kier alpha value is -1.98. The molecule has 0 aromatic carbocycles. The third-order valence-corrected chi connectivity index (χ3v) is 10.7. The van der Waals surface area contributed by atoms with Gasteiger partial charge in [0.1, 0.15) is 23.7 Å². The zero-order chi connectivity index (χ0) is 33.1. The van der Waals surface area contributed by atoms with Crippen LogP contribution in [0.4, 0.5) is 4.79 Å². The van der Waals surface area contributed by atoms with E-state index in [0.29, 0.717) is 5.39 Å². The van der Waals surface area contributed by atoms with Crippen molar-refractivity contribution >= 4 is 36.3 Å². The van der Waals surface area contributed by atoms with Gasteiger partial charge >= 0.3 is 13.7 Å². The number of nitrogens with zero attached hydrogens (tertiary/aromatic N) is 4. The largest absolute Gasteiger partial charge is 0.414 e. The second-order valence-corrected chi connectivity index (χ2v) is 14.7. The minimum Gasteiger partial charge on any atom is -0.394 e. The number of ether oxygens (including phenoxy) is 6. The monoisotopic (exact) mass is 691 g/mol. The Labute approximate surface area is 272 Å². The van der Waals surface area contributed by atoms with Gasteiger partial charge in [0, 0.05) is 6.04 Å². The fourth-order valence-corrected chi connectivity index (χ4v) is 7.86. The van der Waals surface area contributed by atoms with Crippen molar-refractivity contribution < 1.29 is 51.9 Å². The van der Waals surface area contributed by atoms with Crippen molar-refractivity contribution in [3.63, 3.8) is 0 Å². The molecule has 1 amide bonds. The van der Waals surface area contributed by atoms with Crippen molar-refractivity contribution in [2.24, 2.45) is 0 Å². The summed E-state index contributed by atoms with van der Waals surface area (Å²) in [6.45, 7) is 8.21. The Morgan fingerprint density at radius 2 is 1.89 bits per heavy atom. The molecule has 5 rings (SSSR count). The lowest BCUT2D eigenvalue weighted by Gasteiger charge is -2.36. The second-order valence-electron chi connectivity index (χ2n) is 11.9. The number of nitrogens with one attached hydrogen (secondary N) is 1. The van der Waals surface area contributed by atoms with E-state index in [1.807, 2.05) is 0 Å². The van der Waals surface area contributed by atoms with Gasteiger partial charge in [-0.2, -0.15) is 15.1 Å². The number of aromatic nitrogens is 4. The molecule has 2 N–H and O–H groups in total. The van der Waals surface area contributed by atoms with Gasteiger partial charge in [-0.15, -0.1) is 0 Å². The number of hydrogen-bond acceptors (Lipinski definition) is 14. The van der Waals surface area contributed by atoms with Gasteiger partial charge in [0.05, 0.1) is 45.8 Å². The van der Waals surface area contributed by atoms with E-state index in [4.69, 9.17) is 49.1 Å². The number of halogens is 1. The summed E-state index contributed by atoms with van der Waals surface area (Å²) in [6.07, 6.45) is 1.79. The van der Waals surface area contributed by atoms with Gasteiger partial charge in [0.2, 0.25) is 11.2 Å². The molecule has 0 radical (unpaired) electrons. The van der Waals surface area contributed by atoms with Crippen LogP contribution in [0, 0.1) is 0 Å². The number of hydrogen-bond donors (Lipinski definition) is 2. The van der Waals surface area contributed by atoms with Crippen molar-refractivity contribution in [2.45, 2.75) is 102 Å². The van der Waals surface area contributed by atoms with Crippen LogP contribution in [0.15, 0.2) is 6.20 Å². The number of carbonyl (C=O) groups excluding carboxylic acids is 1. The van der Waals surface area contributed by atoms with Crippen molar-refractivity contribution in [3.8, 4) is 5.88 Å². The highest BCUT2D eigenvalue weighted by Crippen LogP contribution is 2.61. The zero-order valence-corrected chi connectivity index (χ0v) is 28.3. The maximum atomic E-state index is 13.9. The Bertz CT molecular complexity index is 1400. The topological polar surface area (TPSA) is 184 Å². The molecule has 1 unspecified atom stereocenters. The van der Waals surface area contributed by atoms with Crippen LogP contribution in [0.1, 0.15) is 66.5 Å². The molecular weight excluding hydrogens is 649 g/mol. The summed E-state index contributed by atoms with van der Waals surface area (Å²) in [5.74, 6) is -1.02. The standard InChI is InChI=1S/C28H43ClN5O11P/c1-6-40-46(37,41-7-2)28(5,16-38-13-12-35)39-15-19-20-21(45-27(3,4)44-20)24(42-19)34-22-18(14-30-34)23(33-25(29)32-22)43-26(36)31-17-10-8-9-11-17/h14,17,19-21,24,35H,6-13,15-16H2,1-5H3,(H,31,36)/t19-,20-,21-,24-,28?/m1/s1. The molecule has 258 valence electrons. The molecule has 1 aliphatic carbocycles. The number of amides is 1. The quantitative estimate of drug-likeness (QED) is 0.155. The first-order valence-electron chi connectivity index (χ1n) is 15.5. The van der Waals surface area contributed by atoms with Crippen LogP contribution in [0.3, 0.4) is 0 Å². The third-order valence-electron chi connectivity index (χ3n) is 7.97. The minimum atomic E-state index is -3.87. The number of aliphatic hydroxyl groups excluding tert-OH is 1. The van der Waals surface area contributed by atoms with Gasteiger partial charge in [-0.3, -0.25) is 4.57 Å². The van der Waals surface area contributed by atoms with E-state index in [2.05, 4.69) is 20.4 Å². The SMILES string of the molecule is CCOP(=O)(OCC)C(C)(COCCO)OC[C@H]1O[C@@H](n2ncc3c(OC(=O)NC4CCCC4)nc(Cl)nc32)[C@@H]2OC(C)(C)O[C@@H]21. The highest BCUT2D eigenvalue weighted by atomic mass is 35.5. The van der Waals surface area contributed by atoms with Crippen LogP contribution in [0.5, 0.6) is 5.88 Å². The number of aliphatic hydroxyl groups is 1. The van der Waals surface area contributed by atoms with Gasteiger partial charge in [-0.05, 0) is 59.1 Å². The average Bonchev–Trinajstić information content (AvgIpc) is 3.77. The average molecular weight is 692 g/mol. The maximum Gasteiger partial charge on any atom is 0.414 e. The van der Waals surface area contributed by atoms with Crippen LogP contribution in [0.25, 0.3) is 11.0 Å². The van der Waals surface area contributed by atoms with E-state index in [-0.39, 0.29) is 62.5 Å². The van der Waals surface area contributed by atoms with Crippen molar-refractivity contribution in [1.29, 1.82) is 0 Å². The van der Waals surface area contributed by atoms with Crippen LogP contribution in [-0.4, -0.2) is 106 Å². The van der Waals surface area contributed by atoms with E-state index >= 15 is 0 Å². The fraction of sp³-hybridized carbons (Fsp3) is 0.786. The second kappa shape index (κ2) is 14.6. The predicted octanol–water partition coefficient (Wildman–Crippen LogP) is 3.94. The van der Waals surface area contributed by atoms with Crippen LogP contribution < -0.4 is 10.1 Å². The van der Waals surface area contributed by atoms with E-state index < -0.39 is 49.4 Å². The Morgan fingerprint density at radius 3 is 2.57 bits per heavy atom. The summed E-state index contributed by atoms with van der Waals surface area (Å²) in [5, 5.41) is 15.2. The number of carbonyl (C=O) groups is 1. The summed E-state index contributed by atoms with van der Waals surface area (Å²) in [5.41, 5.74) is 0.252. The molecule has 2 aromatic heterocycles. The molecule has 3 fully saturated rings. The third kappa shape index (κ3) is 7.51. The molecule has 18 heteroatoms. The lowest BCUT2D eigenvalue weighted by Crippen LogP contribution is -2.41. The first kappa shape index (κ1) is 35.3. The molecule has 3 aliphatic rings. The fourth-order valence-electron chi connectivity index (χ4n) is 5.92. The molecule has 46 heavy (non-hydrogen) atoms. The van der Waals surface area contributed by atoms with Crippen molar-refractivity contribution in [3.05, 3.63) is 11.5 Å². The number of fused-ring (bicyclic) bond motifs is 2. The molecule has 2 saturated heterocycles. The highest BCUT2D eigenvalue weighted by Gasteiger charge is 2.58. The normalized spacial score (nSPS) is 26.0.